The van der Waals surface area contributed by atoms with Crippen LogP contribution in [0.15, 0.2) is 11.6 Å². The summed E-state index contributed by atoms with van der Waals surface area (Å²) in [6.07, 6.45) is 6.95. The fraction of sp³-hybridized carbons (Fsp3) is 0.909. The average molecular weight is 381 g/mol. The van der Waals surface area contributed by atoms with Crippen LogP contribution in [-0.2, 0) is 13.9 Å². The Hall–Kier alpha value is -0.163. The molecule has 0 radical (unpaired) electrons. The van der Waals surface area contributed by atoms with Crippen LogP contribution in [0.25, 0.3) is 0 Å². The average Bonchev–Trinajstić information content (AvgIpc) is 2.99. The van der Waals surface area contributed by atoms with Crippen molar-refractivity contribution in [3.8, 4) is 0 Å². The van der Waals surface area contributed by atoms with E-state index < -0.39 is 14.1 Å². The summed E-state index contributed by atoms with van der Waals surface area (Å²) in [6, 6.07) is 0. The molecule has 1 aliphatic heterocycles. The Morgan fingerprint density at radius 2 is 1.77 bits per heavy atom. The zero-order valence-corrected chi connectivity index (χ0v) is 19.3. The summed E-state index contributed by atoms with van der Waals surface area (Å²) in [6.45, 7) is 21.2. The van der Waals surface area contributed by atoms with Crippen LogP contribution in [0.5, 0.6) is 0 Å². The molecule has 0 unspecified atom stereocenters. The van der Waals surface area contributed by atoms with Gasteiger partial charge in [-0.1, -0.05) is 46.3 Å². The molecule has 150 valence electrons. The van der Waals surface area contributed by atoms with Gasteiger partial charge in [-0.05, 0) is 50.2 Å². The zero-order chi connectivity index (χ0) is 19.4. The smallest absolute Gasteiger partial charge is 0.191 e. The summed E-state index contributed by atoms with van der Waals surface area (Å²) < 4.78 is 19.3. The first-order chi connectivity index (χ1) is 11.9. The van der Waals surface area contributed by atoms with Gasteiger partial charge in [0.2, 0.25) is 0 Å². The second-order valence-electron chi connectivity index (χ2n) is 10.9. The predicted octanol–water partition coefficient (Wildman–Crippen LogP) is 5.91. The van der Waals surface area contributed by atoms with Crippen molar-refractivity contribution in [3.63, 3.8) is 0 Å². The lowest BCUT2D eigenvalue weighted by molar-refractivity contribution is -0.297. The standard InChI is InChI=1S/C22H40O3Si/c1-17-9-11-21(6)20(5,15-17)18(10-12-22(21)23-13-14-24-22)16-25-26(7,8)19(2,3)4/h15,18H,9-14,16H2,1-8H3/t18-,20-,21+/m0/s1. The molecule has 3 nitrogen and oxygen atoms in total. The van der Waals surface area contributed by atoms with Crippen LogP contribution in [0.3, 0.4) is 0 Å². The lowest BCUT2D eigenvalue weighted by Gasteiger charge is -2.62. The van der Waals surface area contributed by atoms with E-state index in [2.05, 4.69) is 60.7 Å². The second kappa shape index (κ2) is 6.43. The maximum absolute atomic E-state index is 6.71. The predicted molar refractivity (Wildman–Crippen MR) is 110 cm³/mol. The van der Waals surface area contributed by atoms with Crippen LogP contribution in [0.1, 0.15) is 67.2 Å². The lowest BCUT2D eigenvalue weighted by Crippen LogP contribution is -2.63. The summed E-state index contributed by atoms with van der Waals surface area (Å²) in [5, 5.41) is 0.253. The number of ether oxygens (including phenoxy) is 2. The van der Waals surface area contributed by atoms with E-state index in [4.69, 9.17) is 13.9 Å². The van der Waals surface area contributed by atoms with E-state index in [-0.39, 0.29) is 15.9 Å². The van der Waals surface area contributed by atoms with Crippen LogP contribution in [-0.4, -0.2) is 33.9 Å². The number of fused-ring (bicyclic) bond motifs is 2. The Morgan fingerprint density at radius 1 is 1.15 bits per heavy atom. The molecule has 0 bridgehead atoms. The third-order valence-corrected chi connectivity index (χ3v) is 13.0. The van der Waals surface area contributed by atoms with Gasteiger partial charge in [-0.3, -0.25) is 0 Å². The SMILES string of the molecule is CC1=C[C@@]2(C)[C@H](CO[Si](C)(C)C(C)(C)C)CCC3(OCCO3)[C@]2(C)CC1. The van der Waals surface area contributed by atoms with Crippen molar-refractivity contribution in [2.45, 2.75) is 91.1 Å². The molecule has 1 spiro atoms. The van der Waals surface area contributed by atoms with Gasteiger partial charge < -0.3 is 13.9 Å². The van der Waals surface area contributed by atoms with Gasteiger partial charge in [0.1, 0.15) is 0 Å². The fourth-order valence-corrected chi connectivity index (χ4v) is 6.32. The molecule has 2 fully saturated rings. The Labute approximate surface area is 162 Å². The highest BCUT2D eigenvalue weighted by Gasteiger charge is 2.66. The quantitative estimate of drug-likeness (QED) is 0.450. The lowest BCUT2D eigenvalue weighted by atomic mass is 9.47. The maximum Gasteiger partial charge on any atom is 0.191 e. The molecule has 0 aromatic carbocycles. The van der Waals surface area contributed by atoms with Crippen LogP contribution in [0, 0.1) is 16.7 Å². The van der Waals surface area contributed by atoms with Crippen LogP contribution >= 0.6 is 0 Å². The van der Waals surface area contributed by atoms with Crippen molar-refractivity contribution in [2.24, 2.45) is 16.7 Å². The van der Waals surface area contributed by atoms with E-state index in [1.165, 1.54) is 5.57 Å². The van der Waals surface area contributed by atoms with E-state index in [0.717, 1.165) is 45.5 Å². The minimum Gasteiger partial charge on any atom is -0.417 e. The first kappa shape index (κ1) is 20.6. The van der Waals surface area contributed by atoms with Gasteiger partial charge in [-0.15, -0.1) is 0 Å². The Balaban J connectivity index is 1.90. The Bertz CT molecular complexity index is 570. The van der Waals surface area contributed by atoms with E-state index in [9.17, 15) is 0 Å². The Morgan fingerprint density at radius 3 is 2.35 bits per heavy atom. The van der Waals surface area contributed by atoms with Crippen molar-refractivity contribution in [1.29, 1.82) is 0 Å². The summed E-state index contributed by atoms with van der Waals surface area (Å²) in [5.41, 5.74) is 1.58. The van der Waals surface area contributed by atoms with Gasteiger partial charge in [0.05, 0.1) is 13.2 Å². The molecule has 3 atom stereocenters. The van der Waals surface area contributed by atoms with E-state index in [1.54, 1.807) is 0 Å². The van der Waals surface area contributed by atoms with Gasteiger partial charge in [0.15, 0.2) is 14.1 Å². The van der Waals surface area contributed by atoms with E-state index >= 15 is 0 Å². The van der Waals surface area contributed by atoms with Gasteiger partial charge >= 0.3 is 0 Å². The Kier molecular flexibility index (Phi) is 5.09. The van der Waals surface area contributed by atoms with Crippen molar-refractivity contribution < 1.29 is 13.9 Å². The molecule has 1 heterocycles. The molecular formula is C22H40O3Si. The fourth-order valence-electron chi connectivity index (χ4n) is 5.27. The van der Waals surface area contributed by atoms with Gasteiger partial charge in [-0.25, -0.2) is 0 Å². The minimum absolute atomic E-state index is 0.00964. The number of hydrogen-bond donors (Lipinski definition) is 0. The van der Waals surface area contributed by atoms with Crippen molar-refractivity contribution in [3.05, 3.63) is 11.6 Å². The summed E-state index contributed by atoms with van der Waals surface area (Å²) in [5.74, 6) is 0.127. The largest absolute Gasteiger partial charge is 0.417 e. The third-order valence-electron chi connectivity index (χ3n) is 8.47. The van der Waals surface area contributed by atoms with E-state index in [0.29, 0.717) is 5.92 Å². The van der Waals surface area contributed by atoms with Gasteiger partial charge in [-0.2, -0.15) is 0 Å². The molecule has 1 saturated heterocycles. The van der Waals surface area contributed by atoms with Crippen molar-refractivity contribution in [1.82, 2.24) is 0 Å². The monoisotopic (exact) mass is 380 g/mol. The number of rotatable bonds is 3. The van der Waals surface area contributed by atoms with Crippen LogP contribution < -0.4 is 0 Å². The molecule has 0 aromatic heterocycles. The molecular weight excluding hydrogens is 340 g/mol. The highest BCUT2D eigenvalue weighted by molar-refractivity contribution is 6.74. The van der Waals surface area contributed by atoms with E-state index in [1.807, 2.05) is 0 Å². The van der Waals surface area contributed by atoms with Crippen molar-refractivity contribution >= 4 is 8.32 Å². The molecule has 1 saturated carbocycles. The molecule has 0 N–H and O–H groups in total. The molecule has 3 rings (SSSR count). The third kappa shape index (κ3) is 2.96. The van der Waals surface area contributed by atoms with Crippen molar-refractivity contribution in [2.75, 3.05) is 19.8 Å². The topological polar surface area (TPSA) is 27.7 Å². The van der Waals surface area contributed by atoms with Gasteiger partial charge in [0.25, 0.3) is 0 Å². The summed E-state index contributed by atoms with van der Waals surface area (Å²) >= 11 is 0. The molecule has 4 heteroatoms. The zero-order valence-electron chi connectivity index (χ0n) is 18.3. The number of hydrogen-bond acceptors (Lipinski definition) is 3. The molecule has 0 amide bonds. The summed E-state index contributed by atoms with van der Waals surface area (Å²) in [7, 11) is -1.74. The number of allylic oxidation sites excluding steroid dienone is 2. The van der Waals surface area contributed by atoms with Gasteiger partial charge in [0, 0.05) is 23.9 Å². The normalized spacial score (nSPS) is 37.5. The van der Waals surface area contributed by atoms with Crippen LogP contribution in [0.4, 0.5) is 0 Å². The molecule has 2 aliphatic carbocycles. The van der Waals surface area contributed by atoms with Crippen LogP contribution in [0.2, 0.25) is 18.1 Å². The highest BCUT2D eigenvalue weighted by Crippen LogP contribution is 2.65. The first-order valence-electron chi connectivity index (χ1n) is 10.5. The molecule has 0 aromatic rings. The molecule has 26 heavy (non-hydrogen) atoms. The minimum atomic E-state index is -1.74. The second-order valence-corrected chi connectivity index (χ2v) is 15.7. The highest BCUT2D eigenvalue weighted by atomic mass is 28.4. The maximum atomic E-state index is 6.71. The summed E-state index contributed by atoms with van der Waals surface area (Å²) in [4.78, 5) is 0. The molecule has 3 aliphatic rings. The first-order valence-corrected chi connectivity index (χ1v) is 13.4.